The van der Waals surface area contributed by atoms with Crippen LogP contribution in [-0.2, 0) is 24.4 Å². The first-order valence-corrected chi connectivity index (χ1v) is 15.2. The van der Waals surface area contributed by atoms with Crippen LogP contribution < -0.4 is 16.2 Å². The molecule has 11 heteroatoms. The maximum atomic E-state index is 13.6. The Morgan fingerprint density at radius 3 is 2.33 bits per heavy atom. The van der Waals surface area contributed by atoms with Crippen molar-refractivity contribution >= 4 is 22.9 Å². The number of anilines is 1. The highest BCUT2D eigenvalue weighted by Gasteiger charge is 2.23. The fourth-order valence-corrected chi connectivity index (χ4v) is 5.36. The van der Waals surface area contributed by atoms with Gasteiger partial charge >= 0.3 is 11.7 Å². The smallest absolute Gasteiger partial charge is 0.327 e. The lowest BCUT2D eigenvalue weighted by Gasteiger charge is -2.35. The molecule has 0 radical (unpaired) electrons. The topological polar surface area (TPSA) is 126 Å². The lowest BCUT2D eigenvalue weighted by Crippen LogP contribution is -2.49. The number of nitrogen functional groups attached to an aromatic ring is 1. The van der Waals surface area contributed by atoms with E-state index < -0.39 is 0 Å². The third-order valence-corrected chi connectivity index (χ3v) is 7.81. The number of amides is 1. The quantitative estimate of drug-likeness (QED) is 0.216. The molecule has 228 valence electrons. The number of ether oxygens (including phenoxy) is 1. The third-order valence-electron chi connectivity index (χ3n) is 7.81. The van der Waals surface area contributed by atoms with Gasteiger partial charge in [0, 0.05) is 52.4 Å². The first-order chi connectivity index (χ1) is 21.0. The van der Waals surface area contributed by atoms with E-state index >= 15 is 0 Å². The number of carbonyl (C=O) groups excluding carboxylic acids is 1. The summed E-state index contributed by atoms with van der Waals surface area (Å²) >= 11 is 0. The number of piperazine rings is 1. The van der Waals surface area contributed by atoms with Gasteiger partial charge in [-0.1, -0.05) is 74.0 Å². The number of aromatic amines is 1. The summed E-state index contributed by atoms with van der Waals surface area (Å²) < 4.78 is 7.21. The van der Waals surface area contributed by atoms with E-state index in [9.17, 15) is 9.59 Å². The number of benzene rings is 2. The molecule has 43 heavy (non-hydrogen) atoms. The second kappa shape index (κ2) is 14.8. The second-order valence-electron chi connectivity index (χ2n) is 11.1. The van der Waals surface area contributed by atoms with Crippen LogP contribution in [0.3, 0.4) is 0 Å². The number of nitrogens with one attached hydrogen (secondary N) is 1. The number of aryl methyl sites for hydroxylation is 1. The van der Waals surface area contributed by atoms with E-state index in [0.717, 1.165) is 51.1 Å². The van der Waals surface area contributed by atoms with Crippen LogP contribution in [0, 0.1) is 0 Å². The van der Waals surface area contributed by atoms with Gasteiger partial charge in [0.05, 0.1) is 13.2 Å². The van der Waals surface area contributed by atoms with Gasteiger partial charge in [-0.25, -0.2) is 4.79 Å². The third kappa shape index (κ3) is 8.20. The summed E-state index contributed by atoms with van der Waals surface area (Å²) in [4.78, 5) is 44.4. The summed E-state index contributed by atoms with van der Waals surface area (Å²) in [7, 11) is 0. The number of nitrogens with zero attached hydrogens (tertiary/aromatic N) is 6. The number of carbonyl (C=O) groups is 1. The van der Waals surface area contributed by atoms with Gasteiger partial charge in [-0.3, -0.25) is 19.2 Å². The van der Waals surface area contributed by atoms with Gasteiger partial charge in [0.2, 0.25) is 5.91 Å². The highest BCUT2D eigenvalue weighted by molar-refractivity contribution is 5.82. The summed E-state index contributed by atoms with van der Waals surface area (Å²) in [6.45, 7) is 8.82. The Kier molecular flexibility index (Phi) is 10.4. The summed E-state index contributed by atoms with van der Waals surface area (Å²) in [6.07, 6.45) is 2.43. The maximum Gasteiger partial charge on any atom is 0.327 e. The van der Waals surface area contributed by atoms with Gasteiger partial charge in [0.25, 0.3) is 0 Å². The number of rotatable bonds is 14. The summed E-state index contributed by atoms with van der Waals surface area (Å²) in [5, 5.41) is 0. The van der Waals surface area contributed by atoms with Crippen LogP contribution in [0.4, 0.5) is 5.82 Å². The fraction of sp³-hybridized carbons (Fsp3) is 0.438. The van der Waals surface area contributed by atoms with E-state index in [1.54, 1.807) is 4.57 Å². The Bertz CT molecular complexity index is 1510. The molecule has 3 N–H and O–H groups in total. The first-order valence-electron chi connectivity index (χ1n) is 15.2. The molecule has 0 spiro atoms. The molecule has 2 aromatic heterocycles. The van der Waals surface area contributed by atoms with Crippen molar-refractivity contribution in [3.8, 4) is 6.01 Å². The molecule has 0 unspecified atom stereocenters. The van der Waals surface area contributed by atoms with Crippen molar-refractivity contribution in [3.63, 3.8) is 0 Å². The molecule has 3 heterocycles. The highest BCUT2D eigenvalue weighted by Crippen LogP contribution is 2.18. The molecule has 0 saturated carbocycles. The number of H-pyrrole nitrogens is 1. The van der Waals surface area contributed by atoms with Crippen molar-refractivity contribution in [2.75, 3.05) is 51.6 Å². The Hall–Kier alpha value is -4.22. The normalized spacial score (nSPS) is 14.3. The number of hydrogen-bond acceptors (Lipinski definition) is 8. The van der Waals surface area contributed by atoms with Crippen LogP contribution in [0.5, 0.6) is 6.01 Å². The zero-order valence-electron chi connectivity index (χ0n) is 25.0. The number of unbranched alkanes of at least 4 members (excludes halogenated alkanes) is 1. The minimum absolute atomic E-state index is 0.0878. The van der Waals surface area contributed by atoms with Gasteiger partial charge in [0.15, 0.2) is 11.5 Å². The number of hydrogen-bond donors (Lipinski definition) is 2. The Labute approximate surface area is 252 Å². The van der Waals surface area contributed by atoms with Gasteiger partial charge in [-0.2, -0.15) is 9.97 Å². The molecule has 1 saturated heterocycles. The number of imidazole rings is 1. The molecule has 1 amide bonds. The van der Waals surface area contributed by atoms with Crippen LogP contribution in [0.1, 0.15) is 37.3 Å². The SMILES string of the molecule is CCCCOc1nc(N)c2[nH]c(=O)n(CCCN(Cc3ccccc3)C(=O)CN3CCN(Cc4ccccc4)CC3)c2n1. The lowest BCUT2D eigenvalue weighted by molar-refractivity contribution is -0.133. The molecular formula is C32H42N8O3. The molecule has 11 nitrogen and oxygen atoms in total. The zero-order chi connectivity index (χ0) is 30.0. The molecule has 0 aliphatic carbocycles. The first kappa shape index (κ1) is 30.2. The zero-order valence-corrected chi connectivity index (χ0v) is 25.0. The molecule has 4 aromatic rings. The van der Waals surface area contributed by atoms with Gasteiger partial charge in [0.1, 0.15) is 5.52 Å². The largest absolute Gasteiger partial charge is 0.463 e. The fourth-order valence-electron chi connectivity index (χ4n) is 5.36. The monoisotopic (exact) mass is 586 g/mol. The van der Waals surface area contributed by atoms with Crippen molar-refractivity contribution in [2.45, 2.75) is 45.8 Å². The molecule has 1 fully saturated rings. The van der Waals surface area contributed by atoms with Gasteiger partial charge < -0.3 is 20.4 Å². The Morgan fingerprint density at radius 1 is 0.953 bits per heavy atom. The Balaban J connectivity index is 1.21. The molecule has 5 rings (SSSR count). The van der Waals surface area contributed by atoms with Crippen molar-refractivity contribution in [1.29, 1.82) is 0 Å². The molecule has 1 aliphatic heterocycles. The number of aromatic nitrogens is 4. The van der Waals surface area contributed by atoms with Crippen LogP contribution in [0.25, 0.3) is 11.2 Å². The van der Waals surface area contributed by atoms with Crippen molar-refractivity contribution in [1.82, 2.24) is 34.2 Å². The van der Waals surface area contributed by atoms with Crippen molar-refractivity contribution in [2.24, 2.45) is 0 Å². The lowest BCUT2D eigenvalue weighted by atomic mass is 10.2. The minimum atomic E-state index is -0.309. The van der Waals surface area contributed by atoms with E-state index in [1.807, 2.05) is 41.3 Å². The standard InChI is InChI=1S/C32H42N8O3/c1-2-3-21-43-31-35-29(33)28-30(36-31)40(32(42)34-28)16-10-15-39(23-26-13-8-5-9-14-26)27(41)24-38-19-17-37(18-20-38)22-25-11-6-4-7-12-25/h4-9,11-14H,2-3,10,15-24H2,1H3,(H,34,42)(H2,33,35,36). The van der Waals surface area contributed by atoms with Gasteiger partial charge in [-0.15, -0.1) is 0 Å². The van der Waals surface area contributed by atoms with E-state index in [0.29, 0.717) is 50.4 Å². The van der Waals surface area contributed by atoms with Crippen LogP contribution >= 0.6 is 0 Å². The predicted octanol–water partition coefficient (Wildman–Crippen LogP) is 3.12. The van der Waals surface area contributed by atoms with Crippen LogP contribution in [0.2, 0.25) is 0 Å². The average Bonchev–Trinajstić information content (AvgIpc) is 3.34. The number of nitrogens with two attached hydrogens (primary N) is 1. The summed E-state index contributed by atoms with van der Waals surface area (Å²) in [6, 6.07) is 20.7. The molecule has 0 bridgehead atoms. The highest BCUT2D eigenvalue weighted by atomic mass is 16.5. The summed E-state index contributed by atoms with van der Waals surface area (Å²) in [5.41, 5.74) is 8.99. The Morgan fingerprint density at radius 2 is 1.63 bits per heavy atom. The van der Waals surface area contributed by atoms with E-state index in [1.165, 1.54) is 5.56 Å². The van der Waals surface area contributed by atoms with E-state index in [2.05, 4.69) is 55.9 Å². The average molecular weight is 587 g/mol. The van der Waals surface area contributed by atoms with E-state index in [4.69, 9.17) is 10.5 Å². The molecule has 1 aliphatic rings. The number of fused-ring (bicyclic) bond motifs is 1. The predicted molar refractivity (Wildman–Crippen MR) is 168 cm³/mol. The van der Waals surface area contributed by atoms with Gasteiger partial charge in [-0.05, 0) is 24.0 Å². The second-order valence-corrected chi connectivity index (χ2v) is 11.1. The minimum Gasteiger partial charge on any atom is -0.463 e. The van der Waals surface area contributed by atoms with Crippen molar-refractivity contribution in [3.05, 3.63) is 82.3 Å². The van der Waals surface area contributed by atoms with E-state index in [-0.39, 0.29) is 23.4 Å². The molecule has 0 atom stereocenters. The molecule has 2 aromatic carbocycles. The van der Waals surface area contributed by atoms with Crippen molar-refractivity contribution < 1.29 is 9.53 Å². The van der Waals surface area contributed by atoms with Crippen LogP contribution in [-0.4, -0.2) is 86.0 Å². The maximum absolute atomic E-state index is 13.6. The summed E-state index contributed by atoms with van der Waals surface area (Å²) in [5.74, 6) is 0.266. The van der Waals surface area contributed by atoms with Crippen LogP contribution in [0.15, 0.2) is 65.5 Å². The molecular weight excluding hydrogens is 544 g/mol.